The summed E-state index contributed by atoms with van der Waals surface area (Å²) in [6.45, 7) is 0. The third kappa shape index (κ3) is 3.45. The topological polar surface area (TPSA) is 43.2 Å². The quantitative estimate of drug-likeness (QED) is 0.617. The van der Waals surface area contributed by atoms with Crippen molar-refractivity contribution in [3.8, 4) is 11.5 Å². The number of benzene rings is 2. The molecule has 4 nitrogen and oxygen atoms in total. The van der Waals surface area contributed by atoms with Crippen LogP contribution in [0.25, 0.3) is 0 Å². The smallest absolute Gasteiger partial charge is 0.127 e. The van der Waals surface area contributed by atoms with Crippen molar-refractivity contribution in [2.75, 3.05) is 14.2 Å². The van der Waals surface area contributed by atoms with Gasteiger partial charge in [-0.05, 0) is 24.3 Å². The van der Waals surface area contributed by atoms with Gasteiger partial charge in [0.1, 0.15) is 11.5 Å². The second-order valence-corrected chi connectivity index (χ2v) is 3.97. The molecule has 0 unspecified atom stereocenters. The molecule has 2 aromatic rings. The molecule has 0 fully saturated rings. The fourth-order valence-electron chi connectivity index (χ4n) is 1.74. The van der Waals surface area contributed by atoms with Crippen LogP contribution < -0.4 is 9.47 Å². The summed E-state index contributed by atoms with van der Waals surface area (Å²) in [5, 5.41) is 8.06. The summed E-state index contributed by atoms with van der Waals surface area (Å²) in [6.07, 6.45) is 3.31. The van der Waals surface area contributed by atoms with Gasteiger partial charge >= 0.3 is 0 Å². The lowest BCUT2D eigenvalue weighted by molar-refractivity contribution is 0.414. The van der Waals surface area contributed by atoms with Gasteiger partial charge in [-0.3, -0.25) is 0 Å². The predicted molar refractivity (Wildman–Crippen MR) is 81.2 cm³/mol. The Morgan fingerprint density at radius 2 is 1.10 bits per heavy atom. The molecule has 0 atom stereocenters. The van der Waals surface area contributed by atoms with Crippen LogP contribution in [-0.2, 0) is 0 Å². The summed E-state index contributed by atoms with van der Waals surface area (Å²) in [6, 6.07) is 15.3. The molecule has 0 bridgehead atoms. The van der Waals surface area contributed by atoms with Crippen LogP contribution in [0.15, 0.2) is 58.7 Å². The van der Waals surface area contributed by atoms with Gasteiger partial charge in [-0.2, -0.15) is 10.2 Å². The highest BCUT2D eigenvalue weighted by molar-refractivity contribution is 5.86. The summed E-state index contributed by atoms with van der Waals surface area (Å²) in [7, 11) is 3.26. The molecule has 0 aromatic heterocycles. The van der Waals surface area contributed by atoms with E-state index in [0.717, 1.165) is 22.6 Å². The largest absolute Gasteiger partial charge is 0.496 e. The number of hydrogen-bond acceptors (Lipinski definition) is 4. The zero-order valence-electron chi connectivity index (χ0n) is 11.5. The number of para-hydroxylation sites is 2. The Bertz CT molecular complexity index is 566. The number of hydrogen-bond donors (Lipinski definition) is 0. The van der Waals surface area contributed by atoms with Crippen molar-refractivity contribution in [2.24, 2.45) is 10.2 Å². The average molecular weight is 268 g/mol. The van der Waals surface area contributed by atoms with E-state index in [1.165, 1.54) is 0 Å². The molecule has 4 heteroatoms. The first kappa shape index (κ1) is 13.8. The minimum atomic E-state index is 0.767. The van der Waals surface area contributed by atoms with Crippen LogP contribution >= 0.6 is 0 Å². The third-order valence-electron chi connectivity index (χ3n) is 2.74. The average Bonchev–Trinajstić information content (AvgIpc) is 2.52. The first-order valence-electron chi connectivity index (χ1n) is 6.17. The number of methoxy groups -OCH3 is 2. The van der Waals surface area contributed by atoms with Gasteiger partial charge < -0.3 is 9.47 Å². The van der Waals surface area contributed by atoms with E-state index in [9.17, 15) is 0 Å². The molecule has 0 amide bonds. The van der Waals surface area contributed by atoms with Crippen molar-refractivity contribution in [2.45, 2.75) is 0 Å². The van der Waals surface area contributed by atoms with Crippen LogP contribution in [0.3, 0.4) is 0 Å². The Labute approximate surface area is 118 Å². The summed E-state index contributed by atoms with van der Waals surface area (Å²) >= 11 is 0. The van der Waals surface area contributed by atoms with Gasteiger partial charge in [0.05, 0.1) is 26.6 Å². The molecule has 0 saturated carbocycles. The van der Waals surface area contributed by atoms with Crippen molar-refractivity contribution < 1.29 is 9.47 Å². The van der Waals surface area contributed by atoms with Gasteiger partial charge in [-0.15, -0.1) is 0 Å². The molecule has 0 N–H and O–H groups in total. The van der Waals surface area contributed by atoms with Gasteiger partial charge in [0.2, 0.25) is 0 Å². The highest BCUT2D eigenvalue weighted by Gasteiger charge is 1.98. The van der Waals surface area contributed by atoms with Crippen LogP contribution in [0.2, 0.25) is 0 Å². The Morgan fingerprint density at radius 3 is 1.50 bits per heavy atom. The molecule has 0 spiro atoms. The summed E-state index contributed by atoms with van der Waals surface area (Å²) in [5.41, 5.74) is 1.76. The molecular formula is C16H16N2O2. The van der Waals surface area contributed by atoms with Gasteiger partial charge in [-0.25, -0.2) is 0 Å². The lowest BCUT2D eigenvalue weighted by atomic mass is 10.2. The zero-order valence-corrected chi connectivity index (χ0v) is 11.5. The van der Waals surface area contributed by atoms with E-state index in [2.05, 4.69) is 10.2 Å². The van der Waals surface area contributed by atoms with E-state index >= 15 is 0 Å². The monoisotopic (exact) mass is 268 g/mol. The molecule has 0 aliphatic heterocycles. The number of ether oxygens (including phenoxy) is 2. The van der Waals surface area contributed by atoms with E-state index in [0.29, 0.717) is 0 Å². The molecule has 0 heterocycles. The highest BCUT2D eigenvalue weighted by atomic mass is 16.5. The third-order valence-corrected chi connectivity index (χ3v) is 2.74. The van der Waals surface area contributed by atoms with E-state index in [1.54, 1.807) is 26.6 Å². The lowest BCUT2D eigenvalue weighted by Gasteiger charge is -2.02. The summed E-state index contributed by atoms with van der Waals surface area (Å²) < 4.78 is 10.5. The molecular weight excluding hydrogens is 252 g/mol. The Balaban J connectivity index is 2.11. The molecule has 20 heavy (non-hydrogen) atoms. The van der Waals surface area contributed by atoms with Crippen LogP contribution in [0.5, 0.6) is 11.5 Å². The Hall–Kier alpha value is -2.62. The molecule has 2 rings (SSSR count). The minimum absolute atomic E-state index is 0.767. The molecule has 0 radical (unpaired) electrons. The normalized spacial score (nSPS) is 11.1. The Morgan fingerprint density at radius 1 is 0.700 bits per heavy atom. The fraction of sp³-hybridized carbons (Fsp3) is 0.125. The highest BCUT2D eigenvalue weighted by Crippen LogP contribution is 2.16. The second kappa shape index (κ2) is 7.09. The lowest BCUT2D eigenvalue weighted by Crippen LogP contribution is -1.90. The SMILES string of the molecule is COc1ccccc1/C=N\N=C\c1ccccc1OC. The van der Waals surface area contributed by atoms with Crippen molar-refractivity contribution in [3.63, 3.8) is 0 Å². The van der Waals surface area contributed by atoms with E-state index < -0.39 is 0 Å². The standard InChI is InChI=1S/C16H16N2O2/c1-19-15-9-5-3-7-13(15)11-17-18-12-14-8-4-6-10-16(14)20-2/h3-12H,1-2H3/b17-11-,18-12+. The van der Waals surface area contributed by atoms with E-state index in [1.807, 2.05) is 48.5 Å². The van der Waals surface area contributed by atoms with Crippen molar-refractivity contribution in [1.82, 2.24) is 0 Å². The molecule has 0 saturated heterocycles. The van der Waals surface area contributed by atoms with Crippen molar-refractivity contribution in [1.29, 1.82) is 0 Å². The second-order valence-electron chi connectivity index (χ2n) is 3.97. The van der Waals surface area contributed by atoms with Crippen molar-refractivity contribution >= 4 is 12.4 Å². The molecule has 2 aromatic carbocycles. The summed E-state index contributed by atoms with van der Waals surface area (Å²) in [5.74, 6) is 1.53. The van der Waals surface area contributed by atoms with Gasteiger partial charge in [0.25, 0.3) is 0 Å². The number of nitrogens with zero attached hydrogens (tertiary/aromatic N) is 2. The predicted octanol–water partition coefficient (Wildman–Crippen LogP) is 3.16. The Kier molecular flexibility index (Phi) is 4.89. The van der Waals surface area contributed by atoms with E-state index in [-0.39, 0.29) is 0 Å². The fourth-order valence-corrected chi connectivity index (χ4v) is 1.74. The van der Waals surface area contributed by atoms with Crippen LogP contribution in [0.1, 0.15) is 11.1 Å². The first-order valence-corrected chi connectivity index (χ1v) is 6.17. The minimum Gasteiger partial charge on any atom is -0.496 e. The summed E-state index contributed by atoms with van der Waals surface area (Å²) in [4.78, 5) is 0. The van der Waals surface area contributed by atoms with Gasteiger partial charge in [-0.1, -0.05) is 24.3 Å². The van der Waals surface area contributed by atoms with Crippen LogP contribution in [0.4, 0.5) is 0 Å². The maximum Gasteiger partial charge on any atom is 0.127 e. The first-order chi connectivity index (χ1) is 9.85. The van der Waals surface area contributed by atoms with Gasteiger partial charge in [0.15, 0.2) is 0 Å². The zero-order chi connectivity index (χ0) is 14.2. The maximum atomic E-state index is 5.23. The van der Waals surface area contributed by atoms with E-state index in [4.69, 9.17) is 9.47 Å². The molecule has 0 aliphatic carbocycles. The maximum absolute atomic E-state index is 5.23. The molecule has 102 valence electrons. The molecule has 0 aliphatic rings. The van der Waals surface area contributed by atoms with Crippen LogP contribution in [0, 0.1) is 0 Å². The van der Waals surface area contributed by atoms with Gasteiger partial charge in [0, 0.05) is 11.1 Å². The van der Waals surface area contributed by atoms with Crippen molar-refractivity contribution in [3.05, 3.63) is 59.7 Å². The number of rotatable bonds is 5. The van der Waals surface area contributed by atoms with Crippen LogP contribution in [-0.4, -0.2) is 26.6 Å².